The van der Waals surface area contributed by atoms with E-state index >= 15 is 0 Å². The van der Waals surface area contributed by atoms with Gasteiger partial charge in [-0.15, -0.1) is 0 Å². The van der Waals surface area contributed by atoms with Crippen LogP contribution in [-0.4, -0.2) is 36.9 Å². The van der Waals surface area contributed by atoms with Gasteiger partial charge in [-0.3, -0.25) is 4.79 Å². The highest BCUT2D eigenvalue weighted by Gasteiger charge is 2.58. The highest BCUT2D eigenvalue weighted by atomic mass is 19.1. The lowest BCUT2D eigenvalue weighted by Crippen LogP contribution is -2.44. The summed E-state index contributed by atoms with van der Waals surface area (Å²) in [5.74, 6) is 1.61. The molecule has 0 aromatic rings. The first-order valence-corrected chi connectivity index (χ1v) is 11.6. The van der Waals surface area contributed by atoms with Crippen molar-refractivity contribution < 1.29 is 14.0 Å². The SMILES string of the molecule is CC1CCC2C(CCCC(=NOC3CCNC3)C1)CCC1(C)C(=O)CC(F)C21. The molecule has 4 nitrogen and oxygen atoms in total. The molecule has 0 aromatic carbocycles. The maximum atomic E-state index is 14.9. The average molecular weight is 393 g/mol. The van der Waals surface area contributed by atoms with Crippen molar-refractivity contribution in [3.63, 3.8) is 0 Å². The van der Waals surface area contributed by atoms with E-state index in [2.05, 4.69) is 24.3 Å². The van der Waals surface area contributed by atoms with E-state index in [9.17, 15) is 9.18 Å². The molecule has 1 aliphatic heterocycles. The van der Waals surface area contributed by atoms with Crippen molar-refractivity contribution in [3.05, 3.63) is 0 Å². The number of alkyl halides is 1. The van der Waals surface area contributed by atoms with E-state index in [1.165, 1.54) is 5.71 Å². The van der Waals surface area contributed by atoms with Gasteiger partial charge < -0.3 is 10.2 Å². The van der Waals surface area contributed by atoms with Crippen LogP contribution in [-0.2, 0) is 9.63 Å². The van der Waals surface area contributed by atoms with Crippen molar-refractivity contribution >= 4 is 11.5 Å². The number of carbonyl (C=O) groups excluding carboxylic acids is 1. The number of ketones is 1. The number of fused-ring (bicyclic) bond motifs is 3. The minimum absolute atomic E-state index is 0.0447. The smallest absolute Gasteiger partial charge is 0.142 e. The van der Waals surface area contributed by atoms with Crippen molar-refractivity contribution in [1.29, 1.82) is 0 Å². The van der Waals surface area contributed by atoms with E-state index in [1.54, 1.807) is 0 Å². The summed E-state index contributed by atoms with van der Waals surface area (Å²) >= 11 is 0. The normalized spacial score (nSPS) is 46.2. The Morgan fingerprint density at radius 1 is 1.18 bits per heavy atom. The number of hydrogen-bond acceptors (Lipinski definition) is 4. The van der Waals surface area contributed by atoms with E-state index in [0.29, 0.717) is 17.8 Å². The first-order valence-electron chi connectivity index (χ1n) is 11.6. The molecule has 0 amide bonds. The first-order chi connectivity index (χ1) is 13.5. The van der Waals surface area contributed by atoms with Crippen LogP contribution in [0.5, 0.6) is 0 Å². The molecule has 4 fully saturated rings. The zero-order valence-electron chi connectivity index (χ0n) is 17.6. The molecule has 1 heterocycles. The maximum Gasteiger partial charge on any atom is 0.142 e. The van der Waals surface area contributed by atoms with Crippen LogP contribution >= 0.6 is 0 Å². The Morgan fingerprint density at radius 2 is 2.04 bits per heavy atom. The average Bonchev–Trinajstić information content (AvgIpc) is 3.25. The molecule has 28 heavy (non-hydrogen) atoms. The van der Waals surface area contributed by atoms with Gasteiger partial charge in [-0.05, 0) is 69.2 Å². The maximum absolute atomic E-state index is 14.9. The molecule has 1 saturated heterocycles. The fourth-order valence-electron chi connectivity index (χ4n) is 6.54. The molecule has 5 heteroatoms. The third-order valence-electron chi connectivity index (χ3n) is 8.21. The lowest BCUT2D eigenvalue weighted by atomic mass is 9.57. The number of rotatable bonds is 2. The van der Waals surface area contributed by atoms with Gasteiger partial charge in [-0.2, -0.15) is 0 Å². The van der Waals surface area contributed by atoms with Gasteiger partial charge in [0.05, 0.1) is 5.71 Å². The molecule has 0 spiro atoms. The van der Waals surface area contributed by atoms with Gasteiger partial charge in [0.15, 0.2) is 0 Å². The fraction of sp³-hybridized carbons (Fsp3) is 0.913. The lowest BCUT2D eigenvalue weighted by molar-refractivity contribution is -0.130. The van der Waals surface area contributed by atoms with Gasteiger partial charge >= 0.3 is 0 Å². The third kappa shape index (κ3) is 4.01. The standard InChI is InChI=1S/C23H37FN2O2/c1-15-6-7-19-16(8-10-23(2)21(27)13-20(24)22(19)23)4-3-5-17(12-15)26-28-18-9-11-25-14-18/h15-16,18-20,22,25H,3-14H2,1-2H3. The summed E-state index contributed by atoms with van der Waals surface area (Å²) in [5, 5.41) is 7.87. The van der Waals surface area contributed by atoms with E-state index < -0.39 is 11.6 Å². The molecule has 7 atom stereocenters. The molecule has 4 rings (SSSR count). The minimum Gasteiger partial charge on any atom is -0.391 e. The highest BCUT2D eigenvalue weighted by molar-refractivity contribution is 5.88. The molecule has 3 saturated carbocycles. The van der Waals surface area contributed by atoms with Crippen LogP contribution in [0.2, 0.25) is 0 Å². The molecule has 0 radical (unpaired) electrons. The fourth-order valence-corrected chi connectivity index (χ4v) is 6.54. The Labute approximate surface area is 169 Å². The van der Waals surface area contributed by atoms with Gasteiger partial charge in [0, 0.05) is 30.7 Å². The Bertz CT molecular complexity index is 603. The number of nitrogens with zero attached hydrogens (tertiary/aromatic N) is 1. The zero-order chi connectivity index (χ0) is 19.7. The first kappa shape index (κ1) is 20.3. The van der Waals surface area contributed by atoms with Crippen LogP contribution in [0.3, 0.4) is 0 Å². The van der Waals surface area contributed by atoms with Gasteiger partial charge in [-0.1, -0.05) is 25.4 Å². The summed E-state index contributed by atoms with van der Waals surface area (Å²) in [6.07, 6.45) is 8.83. The van der Waals surface area contributed by atoms with Crippen LogP contribution < -0.4 is 5.32 Å². The Morgan fingerprint density at radius 3 is 2.82 bits per heavy atom. The van der Waals surface area contributed by atoms with Crippen LogP contribution in [0.15, 0.2) is 5.16 Å². The quantitative estimate of drug-likeness (QED) is 0.695. The van der Waals surface area contributed by atoms with E-state index in [4.69, 9.17) is 4.84 Å². The largest absolute Gasteiger partial charge is 0.391 e. The van der Waals surface area contributed by atoms with E-state index in [0.717, 1.165) is 70.9 Å². The molecule has 1 N–H and O–H groups in total. The summed E-state index contributed by atoms with van der Waals surface area (Å²) in [4.78, 5) is 18.3. The van der Waals surface area contributed by atoms with Gasteiger partial charge in [0.25, 0.3) is 0 Å². The molecule has 7 unspecified atom stereocenters. The number of oxime groups is 1. The van der Waals surface area contributed by atoms with Crippen molar-refractivity contribution in [2.24, 2.45) is 34.2 Å². The van der Waals surface area contributed by atoms with Crippen LogP contribution in [0, 0.1) is 29.1 Å². The lowest BCUT2D eigenvalue weighted by Gasteiger charge is -2.46. The molecule has 4 aliphatic rings. The third-order valence-corrected chi connectivity index (χ3v) is 8.21. The van der Waals surface area contributed by atoms with Gasteiger partial charge in [0.2, 0.25) is 0 Å². The molecule has 158 valence electrons. The second-order valence-corrected chi connectivity index (χ2v) is 10.2. The van der Waals surface area contributed by atoms with Crippen molar-refractivity contribution in [3.8, 4) is 0 Å². The van der Waals surface area contributed by atoms with Crippen molar-refractivity contribution in [2.75, 3.05) is 13.1 Å². The molecular formula is C23H37FN2O2. The summed E-state index contributed by atoms with van der Waals surface area (Å²) in [6, 6.07) is 0. The predicted molar refractivity (Wildman–Crippen MR) is 109 cm³/mol. The summed E-state index contributed by atoms with van der Waals surface area (Å²) in [7, 11) is 0. The Kier molecular flexibility index (Phi) is 6.10. The second kappa shape index (κ2) is 8.41. The van der Waals surface area contributed by atoms with Crippen LogP contribution in [0.25, 0.3) is 0 Å². The number of nitrogens with one attached hydrogen (secondary N) is 1. The second-order valence-electron chi connectivity index (χ2n) is 10.2. The number of carbonyl (C=O) groups is 1. The Hall–Kier alpha value is -0.970. The van der Waals surface area contributed by atoms with Crippen LogP contribution in [0.1, 0.15) is 78.1 Å². The topological polar surface area (TPSA) is 50.7 Å². The monoisotopic (exact) mass is 392 g/mol. The summed E-state index contributed by atoms with van der Waals surface area (Å²) in [6.45, 7) is 6.27. The van der Waals surface area contributed by atoms with Crippen molar-refractivity contribution in [1.82, 2.24) is 5.32 Å². The summed E-state index contributed by atoms with van der Waals surface area (Å²) in [5.41, 5.74) is 0.807. The molecule has 0 aromatic heterocycles. The summed E-state index contributed by atoms with van der Waals surface area (Å²) < 4.78 is 14.9. The highest BCUT2D eigenvalue weighted by Crippen LogP contribution is 2.57. The number of hydrogen-bond donors (Lipinski definition) is 1. The van der Waals surface area contributed by atoms with E-state index in [-0.39, 0.29) is 24.2 Å². The predicted octanol–water partition coefficient (Wildman–Crippen LogP) is 4.67. The van der Waals surface area contributed by atoms with Gasteiger partial charge in [0.1, 0.15) is 18.1 Å². The molecular weight excluding hydrogens is 355 g/mol. The van der Waals surface area contributed by atoms with Gasteiger partial charge in [-0.25, -0.2) is 4.39 Å². The Balaban J connectivity index is 1.43. The molecule has 3 aliphatic carbocycles. The number of halogens is 1. The van der Waals surface area contributed by atoms with E-state index in [1.807, 2.05) is 0 Å². The number of Topliss-reactive ketones (excluding diaryl/α,β-unsaturated/α-hetero) is 1. The molecule has 0 bridgehead atoms. The van der Waals surface area contributed by atoms with Crippen molar-refractivity contribution in [2.45, 2.75) is 90.3 Å². The van der Waals surface area contributed by atoms with Crippen LogP contribution in [0.4, 0.5) is 4.39 Å². The zero-order valence-corrected chi connectivity index (χ0v) is 17.6. The minimum atomic E-state index is -0.922.